The molecule has 13 heavy (non-hydrogen) atoms. The van der Waals surface area contributed by atoms with E-state index in [1.807, 2.05) is 6.92 Å². The summed E-state index contributed by atoms with van der Waals surface area (Å²) in [4.78, 5) is 0. The van der Waals surface area contributed by atoms with Crippen LogP contribution in [0.4, 0.5) is 0 Å². The summed E-state index contributed by atoms with van der Waals surface area (Å²) in [5, 5.41) is 0. The smallest absolute Gasteiger partial charge is 0.212 e. The molecule has 0 heterocycles. The molecule has 0 radical (unpaired) electrons. The molecule has 0 fully saturated rings. The first-order chi connectivity index (χ1) is 5.89. The molecular formula is C8H20N2O2S. The second kappa shape index (κ2) is 5.57. The fourth-order valence-electron chi connectivity index (χ4n) is 0.721. The van der Waals surface area contributed by atoms with E-state index < -0.39 is 10.0 Å². The average molecular weight is 208 g/mol. The van der Waals surface area contributed by atoms with E-state index in [-0.39, 0.29) is 12.3 Å². The Hall–Kier alpha value is -0.130. The molecular weight excluding hydrogens is 188 g/mol. The molecule has 5 heteroatoms. The maximum atomic E-state index is 11.2. The first-order valence-electron chi connectivity index (χ1n) is 4.56. The molecule has 0 spiro atoms. The van der Waals surface area contributed by atoms with Gasteiger partial charge < -0.3 is 5.73 Å². The summed E-state index contributed by atoms with van der Waals surface area (Å²) >= 11 is 0. The van der Waals surface area contributed by atoms with Gasteiger partial charge in [-0.3, -0.25) is 0 Å². The van der Waals surface area contributed by atoms with E-state index in [0.29, 0.717) is 18.4 Å². The largest absolute Gasteiger partial charge is 0.329 e. The number of nitrogens with one attached hydrogen (secondary N) is 1. The van der Waals surface area contributed by atoms with Crippen molar-refractivity contribution in [2.45, 2.75) is 20.8 Å². The van der Waals surface area contributed by atoms with Crippen molar-refractivity contribution in [3.63, 3.8) is 0 Å². The minimum absolute atomic E-state index is 0.0117. The predicted octanol–water partition coefficient (Wildman–Crippen LogP) is 0.157. The summed E-state index contributed by atoms with van der Waals surface area (Å²) in [6, 6.07) is 0. The van der Waals surface area contributed by atoms with Gasteiger partial charge in [-0.2, -0.15) is 0 Å². The lowest BCUT2D eigenvalue weighted by Crippen LogP contribution is -2.34. The molecule has 0 aromatic heterocycles. The Bertz CT molecular complexity index is 224. The monoisotopic (exact) mass is 208 g/mol. The third-order valence-electron chi connectivity index (χ3n) is 2.15. The standard InChI is InChI=1S/C8H20N2O2S/c1-7(2)8(3)6-10-13(11,12)5-4-9/h7-8,10H,4-6,9H2,1-3H3. The third-order valence-corrected chi connectivity index (χ3v) is 3.53. The van der Waals surface area contributed by atoms with Crippen LogP contribution in [0.2, 0.25) is 0 Å². The highest BCUT2D eigenvalue weighted by molar-refractivity contribution is 7.89. The zero-order valence-corrected chi connectivity index (χ0v) is 9.39. The molecule has 1 unspecified atom stereocenters. The fraction of sp³-hybridized carbons (Fsp3) is 1.00. The molecule has 80 valence electrons. The van der Waals surface area contributed by atoms with Crippen LogP contribution in [0.5, 0.6) is 0 Å². The van der Waals surface area contributed by atoms with Crippen molar-refractivity contribution in [1.82, 2.24) is 4.72 Å². The Morgan fingerprint density at radius 1 is 1.31 bits per heavy atom. The molecule has 0 bridgehead atoms. The maximum Gasteiger partial charge on any atom is 0.212 e. The van der Waals surface area contributed by atoms with Crippen LogP contribution < -0.4 is 10.5 Å². The van der Waals surface area contributed by atoms with Crippen LogP contribution in [0.3, 0.4) is 0 Å². The summed E-state index contributed by atoms with van der Waals surface area (Å²) in [6.07, 6.45) is 0. The third kappa shape index (κ3) is 6.01. The van der Waals surface area contributed by atoms with Gasteiger partial charge >= 0.3 is 0 Å². The van der Waals surface area contributed by atoms with Gasteiger partial charge in [0.25, 0.3) is 0 Å². The van der Waals surface area contributed by atoms with Crippen molar-refractivity contribution in [3.8, 4) is 0 Å². The van der Waals surface area contributed by atoms with Gasteiger partial charge in [0, 0.05) is 13.1 Å². The molecule has 0 aliphatic rings. The predicted molar refractivity (Wildman–Crippen MR) is 54.8 cm³/mol. The number of hydrogen-bond donors (Lipinski definition) is 2. The molecule has 0 aromatic carbocycles. The topological polar surface area (TPSA) is 72.2 Å². The van der Waals surface area contributed by atoms with Crippen LogP contribution in [0, 0.1) is 11.8 Å². The zero-order valence-electron chi connectivity index (χ0n) is 8.58. The molecule has 0 aliphatic heterocycles. The quantitative estimate of drug-likeness (QED) is 0.653. The Labute approximate surface area is 80.9 Å². The van der Waals surface area contributed by atoms with Gasteiger partial charge in [-0.05, 0) is 11.8 Å². The summed E-state index contributed by atoms with van der Waals surface area (Å²) in [5.74, 6) is 0.853. The number of hydrogen-bond acceptors (Lipinski definition) is 3. The van der Waals surface area contributed by atoms with Gasteiger partial charge in [-0.25, -0.2) is 13.1 Å². The van der Waals surface area contributed by atoms with Crippen molar-refractivity contribution in [2.24, 2.45) is 17.6 Å². The summed E-state index contributed by atoms with van der Waals surface area (Å²) in [7, 11) is -3.14. The highest BCUT2D eigenvalue weighted by Gasteiger charge is 2.12. The Morgan fingerprint density at radius 2 is 1.85 bits per heavy atom. The van der Waals surface area contributed by atoms with Gasteiger partial charge in [0.2, 0.25) is 10.0 Å². The highest BCUT2D eigenvalue weighted by atomic mass is 32.2. The Morgan fingerprint density at radius 3 is 2.23 bits per heavy atom. The lowest BCUT2D eigenvalue weighted by Gasteiger charge is -2.15. The first kappa shape index (κ1) is 12.9. The summed E-state index contributed by atoms with van der Waals surface area (Å²) < 4.78 is 24.9. The van der Waals surface area contributed by atoms with E-state index in [0.717, 1.165) is 0 Å². The van der Waals surface area contributed by atoms with Crippen molar-refractivity contribution >= 4 is 10.0 Å². The second-order valence-electron chi connectivity index (χ2n) is 3.68. The zero-order chi connectivity index (χ0) is 10.5. The van der Waals surface area contributed by atoms with Gasteiger partial charge in [-0.1, -0.05) is 20.8 Å². The van der Waals surface area contributed by atoms with E-state index in [1.165, 1.54) is 0 Å². The van der Waals surface area contributed by atoms with E-state index in [2.05, 4.69) is 18.6 Å². The van der Waals surface area contributed by atoms with Crippen LogP contribution >= 0.6 is 0 Å². The molecule has 4 nitrogen and oxygen atoms in total. The van der Waals surface area contributed by atoms with E-state index in [4.69, 9.17) is 5.73 Å². The molecule has 3 N–H and O–H groups in total. The average Bonchev–Trinajstić information content (AvgIpc) is 2.00. The van der Waals surface area contributed by atoms with Crippen LogP contribution in [0.15, 0.2) is 0 Å². The molecule has 0 saturated heterocycles. The molecule has 0 aliphatic carbocycles. The normalized spacial score (nSPS) is 14.8. The van der Waals surface area contributed by atoms with Gasteiger partial charge in [-0.15, -0.1) is 0 Å². The van der Waals surface area contributed by atoms with Crippen LogP contribution in [-0.4, -0.2) is 27.3 Å². The van der Waals surface area contributed by atoms with Gasteiger partial charge in [0.05, 0.1) is 5.75 Å². The summed E-state index contributed by atoms with van der Waals surface area (Å²) in [5.41, 5.74) is 5.16. The lowest BCUT2D eigenvalue weighted by molar-refractivity contribution is 0.414. The van der Waals surface area contributed by atoms with E-state index in [1.54, 1.807) is 0 Å². The van der Waals surface area contributed by atoms with Crippen LogP contribution in [0.25, 0.3) is 0 Å². The van der Waals surface area contributed by atoms with Crippen molar-refractivity contribution in [3.05, 3.63) is 0 Å². The number of sulfonamides is 1. The van der Waals surface area contributed by atoms with Crippen molar-refractivity contribution in [1.29, 1.82) is 0 Å². The molecule has 1 atom stereocenters. The fourth-order valence-corrected chi connectivity index (χ4v) is 1.69. The van der Waals surface area contributed by atoms with E-state index in [9.17, 15) is 8.42 Å². The SMILES string of the molecule is CC(C)C(C)CNS(=O)(=O)CCN. The van der Waals surface area contributed by atoms with Crippen molar-refractivity contribution < 1.29 is 8.42 Å². The van der Waals surface area contributed by atoms with E-state index >= 15 is 0 Å². The maximum absolute atomic E-state index is 11.2. The van der Waals surface area contributed by atoms with Gasteiger partial charge in [0.1, 0.15) is 0 Å². The van der Waals surface area contributed by atoms with Crippen LogP contribution in [0.1, 0.15) is 20.8 Å². The lowest BCUT2D eigenvalue weighted by atomic mass is 9.99. The molecule has 0 saturated carbocycles. The Kier molecular flexibility index (Phi) is 5.51. The number of nitrogens with two attached hydrogens (primary N) is 1. The second-order valence-corrected chi connectivity index (χ2v) is 5.60. The summed E-state index contributed by atoms with van der Waals surface area (Å²) in [6.45, 7) is 6.84. The minimum Gasteiger partial charge on any atom is -0.329 e. The van der Waals surface area contributed by atoms with Crippen LogP contribution in [-0.2, 0) is 10.0 Å². The number of rotatable bonds is 6. The minimum atomic E-state index is -3.14. The first-order valence-corrected chi connectivity index (χ1v) is 6.21. The Balaban J connectivity index is 3.88. The van der Waals surface area contributed by atoms with Gasteiger partial charge in [0.15, 0.2) is 0 Å². The molecule has 0 aromatic rings. The highest BCUT2D eigenvalue weighted by Crippen LogP contribution is 2.07. The molecule has 0 amide bonds. The molecule has 0 rings (SSSR count). The van der Waals surface area contributed by atoms with Crippen molar-refractivity contribution in [2.75, 3.05) is 18.8 Å².